The van der Waals surface area contributed by atoms with E-state index in [1.807, 2.05) is 0 Å². The highest BCUT2D eigenvalue weighted by Crippen LogP contribution is 2.34. The number of rotatable bonds is 4. The summed E-state index contributed by atoms with van der Waals surface area (Å²) in [5, 5.41) is 2.57. The standard InChI is InChI=1S/C16H20Cl3N3O3/c1-7-5-3-4-6-9(7)21-15(23)8(2)25-16(24)13-10(17)12(20)11(18)14(19)22-13/h7-9H,3-6H2,1-2H3,(H2,20,22)(H,21,23)/t7-,8+,9+/m0/s1. The number of aromatic nitrogens is 1. The zero-order valence-electron chi connectivity index (χ0n) is 13.9. The summed E-state index contributed by atoms with van der Waals surface area (Å²) in [6.45, 7) is 3.58. The number of hydrogen-bond donors (Lipinski definition) is 2. The molecule has 0 spiro atoms. The zero-order chi connectivity index (χ0) is 18.7. The fourth-order valence-corrected chi connectivity index (χ4v) is 3.35. The number of ether oxygens (including phenoxy) is 1. The fourth-order valence-electron chi connectivity index (χ4n) is 2.77. The van der Waals surface area contributed by atoms with Gasteiger partial charge in [0.2, 0.25) is 0 Å². The number of carbonyl (C=O) groups is 2. The van der Waals surface area contributed by atoms with Crippen molar-refractivity contribution < 1.29 is 14.3 Å². The number of hydrogen-bond acceptors (Lipinski definition) is 5. The number of amides is 1. The molecular formula is C16H20Cl3N3O3. The molecule has 0 radical (unpaired) electrons. The summed E-state index contributed by atoms with van der Waals surface area (Å²) in [6, 6.07) is 0.0877. The molecule has 25 heavy (non-hydrogen) atoms. The third-order valence-corrected chi connectivity index (χ3v) is 5.49. The van der Waals surface area contributed by atoms with Crippen LogP contribution < -0.4 is 11.1 Å². The van der Waals surface area contributed by atoms with E-state index in [0.717, 1.165) is 19.3 Å². The lowest BCUT2D eigenvalue weighted by Gasteiger charge is -2.30. The molecule has 0 aromatic carbocycles. The number of carbonyl (C=O) groups excluding carboxylic acids is 2. The van der Waals surface area contributed by atoms with Gasteiger partial charge in [0.05, 0.1) is 10.7 Å². The minimum Gasteiger partial charge on any atom is -0.448 e. The molecule has 1 saturated carbocycles. The lowest BCUT2D eigenvalue weighted by Crippen LogP contribution is -2.46. The molecule has 1 aromatic heterocycles. The predicted octanol–water partition coefficient (Wildman–Crippen LogP) is 3.86. The van der Waals surface area contributed by atoms with Crippen molar-refractivity contribution in [1.29, 1.82) is 0 Å². The van der Waals surface area contributed by atoms with Crippen LogP contribution in [0.15, 0.2) is 0 Å². The summed E-state index contributed by atoms with van der Waals surface area (Å²) < 4.78 is 5.15. The number of anilines is 1. The molecular weight excluding hydrogens is 389 g/mol. The van der Waals surface area contributed by atoms with E-state index in [2.05, 4.69) is 17.2 Å². The van der Waals surface area contributed by atoms with Crippen molar-refractivity contribution in [2.75, 3.05) is 5.73 Å². The topological polar surface area (TPSA) is 94.3 Å². The molecule has 3 atom stereocenters. The highest BCUT2D eigenvalue weighted by molar-refractivity contribution is 6.46. The van der Waals surface area contributed by atoms with E-state index in [4.69, 9.17) is 45.3 Å². The second-order valence-corrected chi connectivity index (χ2v) is 7.33. The first-order valence-corrected chi connectivity index (χ1v) is 9.17. The molecule has 1 amide bonds. The Balaban J connectivity index is 2.03. The van der Waals surface area contributed by atoms with Gasteiger partial charge in [-0.1, -0.05) is 54.6 Å². The van der Waals surface area contributed by atoms with E-state index in [-0.39, 0.29) is 38.5 Å². The van der Waals surface area contributed by atoms with Crippen molar-refractivity contribution in [2.45, 2.75) is 51.7 Å². The number of nitrogen functional groups attached to an aromatic ring is 1. The Kier molecular flexibility index (Phi) is 6.77. The molecule has 1 aliphatic rings. The van der Waals surface area contributed by atoms with Gasteiger partial charge in [-0.15, -0.1) is 0 Å². The maximum absolute atomic E-state index is 12.3. The van der Waals surface area contributed by atoms with Gasteiger partial charge >= 0.3 is 5.97 Å². The van der Waals surface area contributed by atoms with Gasteiger partial charge in [-0.05, 0) is 25.7 Å². The van der Waals surface area contributed by atoms with Gasteiger partial charge in [0, 0.05) is 6.04 Å². The first-order valence-electron chi connectivity index (χ1n) is 8.03. The molecule has 1 aliphatic carbocycles. The smallest absolute Gasteiger partial charge is 0.359 e. The summed E-state index contributed by atoms with van der Waals surface area (Å²) in [7, 11) is 0. The third kappa shape index (κ3) is 4.68. The van der Waals surface area contributed by atoms with Gasteiger partial charge < -0.3 is 15.8 Å². The van der Waals surface area contributed by atoms with Gasteiger partial charge in [-0.3, -0.25) is 4.79 Å². The van der Waals surface area contributed by atoms with Crippen molar-refractivity contribution in [3.63, 3.8) is 0 Å². The van der Waals surface area contributed by atoms with Gasteiger partial charge in [-0.25, -0.2) is 9.78 Å². The largest absolute Gasteiger partial charge is 0.448 e. The average Bonchev–Trinajstić information content (AvgIpc) is 2.58. The number of nitrogens with one attached hydrogen (secondary N) is 1. The lowest BCUT2D eigenvalue weighted by atomic mass is 9.86. The van der Waals surface area contributed by atoms with Gasteiger partial charge in [0.25, 0.3) is 5.91 Å². The highest BCUT2D eigenvalue weighted by atomic mass is 35.5. The maximum atomic E-state index is 12.3. The molecule has 1 heterocycles. The molecule has 9 heteroatoms. The predicted molar refractivity (Wildman–Crippen MR) is 98.1 cm³/mol. The summed E-state index contributed by atoms with van der Waals surface area (Å²) in [4.78, 5) is 28.3. The fraction of sp³-hybridized carbons (Fsp3) is 0.562. The van der Waals surface area contributed by atoms with Crippen LogP contribution in [0, 0.1) is 5.92 Å². The van der Waals surface area contributed by atoms with Crippen LogP contribution in [-0.2, 0) is 9.53 Å². The quantitative estimate of drug-likeness (QED) is 0.582. The van der Waals surface area contributed by atoms with Crippen LogP contribution >= 0.6 is 34.8 Å². The SMILES string of the molecule is C[C@@H](OC(=O)c1nc(Cl)c(Cl)c(N)c1Cl)C(=O)N[C@@H]1CCCC[C@@H]1C. The number of halogens is 3. The molecule has 138 valence electrons. The second-order valence-electron chi connectivity index (χ2n) is 6.22. The Morgan fingerprint density at radius 1 is 1.24 bits per heavy atom. The highest BCUT2D eigenvalue weighted by Gasteiger charge is 2.28. The number of nitrogens with zero attached hydrogens (tertiary/aromatic N) is 1. The Labute approximate surface area is 161 Å². The van der Waals surface area contributed by atoms with E-state index in [0.29, 0.717) is 5.92 Å². The Morgan fingerprint density at radius 3 is 2.52 bits per heavy atom. The molecule has 0 saturated heterocycles. The molecule has 1 fully saturated rings. The molecule has 1 aromatic rings. The minimum atomic E-state index is -1.00. The van der Waals surface area contributed by atoms with Gasteiger partial charge in [-0.2, -0.15) is 0 Å². The molecule has 2 rings (SSSR count). The lowest BCUT2D eigenvalue weighted by molar-refractivity contribution is -0.130. The average molecular weight is 409 g/mol. The monoisotopic (exact) mass is 407 g/mol. The van der Waals surface area contributed by atoms with Crippen LogP contribution in [0.4, 0.5) is 5.69 Å². The van der Waals surface area contributed by atoms with Crippen LogP contribution in [0.5, 0.6) is 0 Å². The summed E-state index contributed by atoms with van der Waals surface area (Å²) >= 11 is 17.6. The molecule has 0 bridgehead atoms. The van der Waals surface area contributed by atoms with E-state index >= 15 is 0 Å². The number of esters is 1. The van der Waals surface area contributed by atoms with Crippen LogP contribution in [0.25, 0.3) is 0 Å². The van der Waals surface area contributed by atoms with Crippen molar-refractivity contribution in [3.8, 4) is 0 Å². The maximum Gasteiger partial charge on any atom is 0.359 e. The molecule has 6 nitrogen and oxygen atoms in total. The van der Waals surface area contributed by atoms with Crippen molar-refractivity contribution in [1.82, 2.24) is 10.3 Å². The van der Waals surface area contributed by atoms with Crippen molar-refractivity contribution in [2.24, 2.45) is 5.92 Å². The van der Waals surface area contributed by atoms with E-state index < -0.39 is 12.1 Å². The third-order valence-electron chi connectivity index (χ3n) is 4.36. The van der Waals surface area contributed by atoms with E-state index in [1.54, 1.807) is 0 Å². The number of nitrogens with two attached hydrogens (primary N) is 1. The van der Waals surface area contributed by atoms with E-state index in [9.17, 15) is 9.59 Å². The first-order chi connectivity index (χ1) is 11.7. The first kappa shape index (κ1) is 20.1. The van der Waals surface area contributed by atoms with Crippen molar-refractivity contribution in [3.05, 3.63) is 20.9 Å². The summed E-state index contributed by atoms with van der Waals surface area (Å²) in [6.07, 6.45) is 3.23. The minimum absolute atomic E-state index is 0.0414. The van der Waals surface area contributed by atoms with Gasteiger partial charge in [0.15, 0.2) is 17.0 Å². The van der Waals surface area contributed by atoms with Crippen LogP contribution in [-0.4, -0.2) is 29.0 Å². The van der Waals surface area contributed by atoms with Gasteiger partial charge in [0.1, 0.15) is 5.02 Å². The van der Waals surface area contributed by atoms with E-state index in [1.165, 1.54) is 13.3 Å². The summed E-state index contributed by atoms with van der Waals surface area (Å²) in [5.41, 5.74) is 5.33. The van der Waals surface area contributed by atoms with Crippen LogP contribution in [0.2, 0.25) is 15.2 Å². The second kappa shape index (κ2) is 8.43. The van der Waals surface area contributed by atoms with Crippen LogP contribution in [0.1, 0.15) is 50.0 Å². The summed E-state index contributed by atoms with van der Waals surface area (Å²) in [5.74, 6) is -0.863. The number of pyridine rings is 1. The Morgan fingerprint density at radius 2 is 1.88 bits per heavy atom. The normalized spacial score (nSPS) is 21.5. The zero-order valence-corrected chi connectivity index (χ0v) is 16.2. The Hall–Kier alpha value is -1.24. The molecule has 0 unspecified atom stereocenters. The van der Waals surface area contributed by atoms with Crippen molar-refractivity contribution >= 4 is 52.4 Å². The van der Waals surface area contributed by atoms with Crippen LogP contribution in [0.3, 0.4) is 0 Å². The molecule has 0 aliphatic heterocycles. The molecule has 3 N–H and O–H groups in total. The Bertz CT molecular complexity index is 684.